The lowest BCUT2D eigenvalue weighted by Crippen LogP contribution is -2.19. The lowest BCUT2D eigenvalue weighted by atomic mass is 10.0. The highest BCUT2D eigenvalue weighted by Crippen LogP contribution is 2.38. The van der Waals surface area contributed by atoms with Crippen LogP contribution in [0.1, 0.15) is 52.1 Å². The number of H-pyrrole nitrogens is 1. The summed E-state index contributed by atoms with van der Waals surface area (Å²) in [5.41, 5.74) is 11.8. The fourth-order valence-corrected chi connectivity index (χ4v) is 5.41. The fourth-order valence-electron chi connectivity index (χ4n) is 5.41. The quantitative estimate of drug-likeness (QED) is 0.386. The number of hydrogen-bond acceptors (Lipinski definition) is 6. The molecule has 1 aliphatic rings. The molecule has 1 N–H and O–H groups in total. The van der Waals surface area contributed by atoms with Crippen molar-refractivity contribution >= 4 is 22.5 Å². The van der Waals surface area contributed by atoms with E-state index in [0.29, 0.717) is 12.4 Å². The van der Waals surface area contributed by atoms with Crippen LogP contribution in [0.3, 0.4) is 0 Å². The molecule has 1 aliphatic heterocycles. The van der Waals surface area contributed by atoms with E-state index in [-0.39, 0.29) is 0 Å². The molecule has 0 unspecified atom stereocenters. The summed E-state index contributed by atoms with van der Waals surface area (Å²) in [6.07, 6.45) is 2.83. The van der Waals surface area contributed by atoms with E-state index < -0.39 is 0 Å². The van der Waals surface area contributed by atoms with Crippen LogP contribution in [-0.4, -0.2) is 35.2 Å². The second kappa shape index (κ2) is 8.86. The zero-order valence-corrected chi connectivity index (χ0v) is 21.2. The number of nitrogens with zero attached hydrogens (tertiary/aromatic N) is 7. The number of hydrogen-bond donors (Lipinski definition) is 1. The van der Waals surface area contributed by atoms with Crippen LogP contribution < -0.4 is 4.90 Å². The third-order valence-electron chi connectivity index (χ3n) is 7.07. The molecule has 0 saturated heterocycles. The third-order valence-corrected chi connectivity index (χ3v) is 7.07. The van der Waals surface area contributed by atoms with Crippen molar-refractivity contribution in [1.82, 2.24) is 35.2 Å². The van der Waals surface area contributed by atoms with Gasteiger partial charge in [0.1, 0.15) is 11.3 Å². The molecule has 0 bridgehead atoms. The van der Waals surface area contributed by atoms with Gasteiger partial charge in [0.15, 0.2) is 11.5 Å². The molecule has 3 aromatic heterocycles. The van der Waals surface area contributed by atoms with E-state index in [1.165, 1.54) is 39.2 Å². The maximum absolute atomic E-state index is 4.93. The zero-order chi connectivity index (χ0) is 24.8. The van der Waals surface area contributed by atoms with E-state index in [2.05, 4.69) is 100 Å². The molecule has 0 spiro atoms. The fraction of sp³-hybridized carbons (Fsp3) is 0.321. The molecule has 8 nitrogen and oxygen atoms in total. The lowest BCUT2D eigenvalue weighted by molar-refractivity contribution is 0.744. The summed E-state index contributed by atoms with van der Waals surface area (Å²) in [5.74, 6) is 1.75. The van der Waals surface area contributed by atoms with Crippen LogP contribution in [0.15, 0.2) is 42.5 Å². The molecule has 0 aliphatic carbocycles. The van der Waals surface area contributed by atoms with Gasteiger partial charge in [-0.1, -0.05) is 42.0 Å². The summed E-state index contributed by atoms with van der Waals surface area (Å²) in [6, 6.07) is 15.6. The maximum Gasteiger partial charge on any atom is 0.194 e. The number of aryl methyl sites for hydroxylation is 6. The van der Waals surface area contributed by atoms with Crippen molar-refractivity contribution in [2.24, 2.45) is 0 Å². The highest BCUT2D eigenvalue weighted by molar-refractivity contribution is 5.76. The minimum atomic E-state index is 0.563. The first-order chi connectivity index (χ1) is 17.5. The Morgan fingerprint density at radius 2 is 1.67 bits per heavy atom. The van der Waals surface area contributed by atoms with Crippen molar-refractivity contribution in [2.45, 2.75) is 60.0 Å². The monoisotopic (exact) mass is 478 g/mol. The molecule has 5 aromatic rings. The smallest absolute Gasteiger partial charge is 0.194 e. The predicted molar refractivity (Wildman–Crippen MR) is 141 cm³/mol. The predicted octanol–water partition coefficient (Wildman–Crippen LogP) is 4.92. The summed E-state index contributed by atoms with van der Waals surface area (Å²) in [6.45, 7) is 9.79. The van der Waals surface area contributed by atoms with Gasteiger partial charge < -0.3 is 9.47 Å². The van der Waals surface area contributed by atoms with Crippen molar-refractivity contribution in [3.05, 3.63) is 87.6 Å². The van der Waals surface area contributed by atoms with E-state index in [9.17, 15) is 0 Å². The van der Waals surface area contributed by atoms with Crippen LogP contribution in [0, 0.1) is 20.8 Å². The number of pyridine rings is 1. The Labute approximate surface area is 210 Å². The first-order valence-corrected chi connectivity index (χ1v) is 12.5. The Balaban J connectivity index is 1.42. The second-order valence-electron chi connectivity index (χ2n) is 9.73. The Morgan fingerprint density at radius 1 is 0.889 bits per heavy atom. The Morgan fingerprint density at radius 3 is 2.42 bits per heavy atom. The first kappa shape index (κ1) is 22.4. The molecule has 0 atom stereocenters. The molecule has 0 saturated carbocycles. The highest BCUT2D eigenvalue weighted by atomic mass is 15.5. The molecule has 0 fully saturated rings. The van der Waals surface area contributed by atoms with Crippen molar-refractivity contribution in [3.8, 4) is 0 Å². The topological polar surface area (TPSA) is 88.4 Å². The van der Waals surface area contributed by atoms with Crippen molar-refractivity contribution in [1.29, 1.82) is 0 Å². The number of imidazole rings is 1. The van der Waals surface area contributed by atoms with Crippen LogP contribution in [0.5, 0.6) is 0 Å². The average Bonchev–Trinajstić information content (AvgIpc) is 3.46. The van der Waals surface area contributed by atoms with E-state index in [1.807, 2.05) is 0 Å². The van der Waals surface area contributed by atoms with Gasteiger partial charge in [0.05, 0.1) is 13.1 Å². The molecule has 4 heterocycles. The van der Waals surface area contributed by atoms with Crippen molar-refractivity contribution in [2.75, 3.05) is 4.90 Å². The number of rotatable bonds is 5. The number of tetrazole rings is 1. The average molecular weight is 479 g/mol. The first-order valence-electron chi connectivity index (χ1n) is 12.5. The van der Waals surface area contributed by atoms with Crippen LogP contribution in [-0.2, 0) is 32.4 Å². The Kier molecular flexibility index (Phi) is 5.51. The molecule has 0 radical (unpaired) electrons. The molecule has 8 heteroatoms. The van der Waals surface area contributed by atoms with Gasteiger partial charge >= 0.3 is 0 Å². The summed E-state index contributed by atoms with van der Waals surface area (Å²) in [4.78, 5) is 12.1. The number of anilines is 2. The van der Waals surface area contributed by atoms with E-state index in [4.69, 9.17) is 9.97 Å². The third kappa shape index (κ3) is 3.92. The van der Waals surface area contributed by atoms with Gasteiger partial charge in [-0.25, -0.2) is 9.97 Å². The van der Waals surface area contributed by atoms with Crippen LogP contribution in [0.25, 0.3) is 11.2 Å². The van der Waals surface area contributed by atoms with Crippen molar-refractivity contribution < 1.29 is 0 Å². The van der Waals surface area contributed by atoms with E-state index >= 15 is 0 Å². The molecule has 2 aromatic carbocycles. The van der Waals surface area contributed by atoms with Crippen LogP contribution in [0.2, 0.25) is 0 Å². The molecule has 36 heavy (non-hydrogen) atoms. The number of aromatic amines is 1. The normalized spacial score (nSPS) is 13.1. The molecule has 0 amide bonds. The molecular weight excluding hydrogens is 448 g/mol. The van der Waals surface area contributed by atoms with Crippen LogP contribution >= 0.6 is 0 Å². The Bertz CT molecular complexity index is 1560. The number of benzene rings is 2. The Hall–Kier alpha value is -4.07. The lowest BCUT2D eigenvalue weighted by Gasteiger charge is -2.26. The van der Waals surface area contributed by atoms with Gasteiger partial charge in [-0.15, -0.1) is 10.2 Å². The van der Waals surface area contributed by atoms with E-state index in [0.717, 1.165) is 48.5 Å². The van der Waals surface area contributed by atoms with Gasteiger partial charge in [-0.2, -0.15) is 5.21 Å². The number of aromatic nitrogens is 7. The van der Waals surface area contributed by atoms with Crippen molar-refractivity contribution in [3.63, 3.8) is 0 Å². The zero-order valence-electron chi connectivity index (χ0n) is 21.2. The van der Waals surface area contributed by atoms with Gasteiger partial charge in [-0.3, -0.25) is 0 Å². The summed E-state index contributed by atoms with van der Waals surface area (Å²) >= 11 is 0. The molecule has 182 valence electrons. The summed E-state index contributed by atoms with van der Waals surface area (Å²) in [7, 11) is 0. The summed E-state index contributed by atoms with van der Waals surface area (Å²) in [5, 5.41) is 14.8. The van der Waals surface area contributed by atoms with Gasteiger partial charge in [0.25, 0.3) is 0 Å². The maximum atomic E-state index is 4.93. The van der Waals surface area contributed by atoms with Crippen LogP contribution in [0.4, 0.5) is 11.4 Å². The minimum Gasteiger partial charge on any atom is -0.333 e. The van der Waals surface area contributed by atoms with Gasteiger partial charge in [0.2, 0.25) is 0 Å². The molecular formula is C28H30N8. The SMILES string of the molecule is CCc1nc2c(C)cc(C)nc2n1Cc1ccc2c(c1)CCc1cc(C)ccc1N2Cc1nn[nH]n1. The molecule has 6 rings (SSSR count). The van der Waals surface area contributed by atoms with Gasteiger partial charge in [0, 0.05) is 23.5 Å². The summed E-state index contributed by atoms with van der Waals surface area (Å²) < 4.78 is 2.28. The van der Waals surface area contributed by atoms with E-state index in [1.54, 1.807) is 0 Å². The standard InChI is InChI=1S/C28H30N8/c1-5-26-30-27-18(3)13-19(4)29-28(27)36(26)15-20-7-11-24-22(14-20)9-8-21-12-17(2)6-10-23(21)35(24)16-25-31-33-34-32-25/h6-7,10-14H,5,8-9,15-16H2,1-4H3,(H,31,32,33,34). The number of nitrogens with one attached hydrogen (secondary N) is 1. The largest absolute Gasteiger partial charge is 0.333 e. The minimum absolute atomic E-state index is 0.563. The second-order valence-corrected chi connectivity index (χ2v) is 9.73. The number of fused-ring (bicyclic) bond motifs is 3. The highest BCUT2D eigenvalue weighted by Gasteiger charge is 2.23. The van der Waals surface area contributed by atoms with Gasteiger partial charge in [-0.05, 0) is 74.1 Å².